The van der Waals surface area contributed by atoms with E-state index in [2.05, 4.69) is 30.2 Å². The number of nitrogens with one attached hydrogen (secondary N) is 1. The topological polar surface area (TPSA) is 71.2 Å². The van der Waals surface area contributed by atoms with E-state index in [9.17, 15) is 5.11 Å². The first-order valence-corrected chi connectivity index (χ1v) is 6.99. The van der Waals surface area contributed by atoms with Crippen LogP contribution in [-0.2, 0) is 0 Å². The van der Waals surface area contributed by atoms with Gasteiger partial charge in [0.05, 0.1) is 6.10 Å². The highest BCUT2D eigenvalue weighted by Crippen LogP contribution is 2.43. The second-order valence-corrected chi connectivity index (χ2v) is 6.34. The van der Waals surface area contributed by atoms with Crippen molar-refractivity contribution in [1.29, 1.82) is 0 Å². The Hall–Kier alpha value is -1.81. The summed E-state index contributed by atoms with van der Waals surface area (Å²) in [6.45, 7) is 6.15. The lowest BCUT2D eigenvalue weighted by molar-refractivity contribution is -0.0510. The van der Waals surface area contributed by atoms with Crippen LogP contribution in [0.15, 0.2) is 24.4 Å². The number of nitrogen functional groups attached to an aromatic ring is 1. The number of anilines is 2. The summed E-state index contributed by atoms with van der Waals surface area (Å²) in [6, 6.07) is 6.25. The van der Waals surface area contributed by atoms with Gasteiger partial charge in [0.15, 0.2) is 0 Å². The molecule has 2 unspecified atom stereocenters. The number of benzene rings is 1. The highest BCUT2D eigenvalue weighted by atomic mass is 16.3. The quantitative estimate of drug-likeness (QED) is 0.734. The second kappa shape index (κ2) is 4.35. The third kappa shape index (κ3) is 1.91. The molecule has 4 N–H and O–H groups in total. The molecule has 4 heteroatoms. The van der Waals surface area contributed by atoms with Crippen molar-refractivity contribution in [1.82, 2.24) is 4.98 Å². The van der Waals surface area contributed by atoms with Gasteiger partial charge in [-0.15, -0.1) is 0 Å². The van der Waals surface area contributed by atoms with Gasteiger partial charge in [0, 0.05) is 45.5 Å². The van der Waals surface area contributed by atoms with Crippen molar-refractivity contribution in [2.75, 3.05) is 11.1 Å². The van der Waals surface area contributed by atoms with Gasteiger partial charge in [-0.25, -0.2) is 0 Å². The number of hydrogen-bond acceptors (Lipinski definition) is 4. The minimum Gasteiger partial charge on any atom is -0.398 e. The zero-order valence-electron chi connectivity index (χ0n) is 12.1. The summed E-state index contributed by atoms with van der Waals surface area (Å²) in [7, 11) is 0. The van der Waals surface area contributed by atoms with E-state index in [1.54, 1.807) is 0 Å². The Kier molecular flexibility index (Phi) is 2.87. The Morgan fingerprint density at radius 1 is 1.35 bits per heavy atom. The fourth-order valence-corrected chi connectivity index (χ4v) is 2.83. The Morgan fingerprint density at radius 2 is 2.10 bits per heavy atom. The number of fused-ring (bicyclic) bond motifs is 1. The molecule has 1 aromatic heterocycles. The van der Waals surface area contributed by atoms with Crippen LogP contribution >= 0.6 is 0 Å². The van der Waals surface area contributed by atoms with Crippen molar-refractivity contribution in [3.63, 3.8) is 0 Å². The number of rotatable bonds is 2. The molecule has 0 radical (unpaired) electrons. The number of nitrogens with two attached hydrogens (primary N) is 1. The van der Waals surface area contributed by atoms with Crippen molar-refractivity contribution in [3.05, 3.63) is 30.1 Å². The molecule has 3 rings (SSSR count). The molecular formula is C16H21N3O. The van der Waals surface area contributed by atoms with Gasteiger partial charge >= 0.3 is 0 Å². The molecule has 1 saturated carbocycles. The Labute approximate surface area is 119 Å². The number of pyridine rings is 1. The monoisotopic (exact) mass is 271 g/mol. The maximum absolute atomic E-state index is 9.86. The zero-order chi connectivity index (χ0) is 14.5. The summed E-state index contributed by atoms with van der Waals surface area (Å²) in [5.41, 5.74) is 8.69. The molecular weight excluding hydrogens is 250 g/mol. The van der Waals surface area contributed by atoms with E-state index in [0.717, 1.165) is 34.3 Å². The number of hydrogen-bond donors (Lipinski definition) is 3. The summed E-state index contributed by atoms with van der Waals surface area (Å²) in [5.74, 6) is 0. The van der Waals surface area contributed by atoms with E-state index < -0.39 is 0 Å². The van der Waals surface area contributed by atoms with Gasteiger partial charge in [0.2, 0.25) is 0 Å². The van der Waals surface area contributed by atoms with Gasteiger partial charge in [-0.1, -0.05) is 13.8 Å². The first-order valence-electron chi connectivity index (χ1n) is 6.99. The summed E-state index contributed by atoms with van der Waals surface area (Å²) in [6.07, 6.45) is 2.37. The highest BCUT2D eigenvalue weighted by molar-refractivity contribution is 6.00. The summed E-state index contributed by atoms with van der Waals surface area (Å²) >= 11 is 0. The smallest absolute Gasteiger partial charge is 0.0630 e. The van der Waals surface area contributed by atoms with E-state index in [4.69, 9.17) is 5.73 Å². The molecule has 1 aromatic carbocycles. The van der Waals surface area contributed by atoms with Gasteiger partial charge in [0.1, 0.15) is 0 Å². The molecule has 2 aromatic rings. The van der Waals surface area contributed by atoms with Crippen LogP contribution in [0.25, 0.3) is 10.8 Å². The van der Waals surface area contributed by atoms with Gasteiger partial charge in [-0.2, -0.15) is 0 Å². The predicted molar refractivity (Wildman–Crippen MR) is 82.7 cm³/mol. The molecule has 1 heterocycles. The maximum Gasteiger partial charge on any atom is 0.0630 e. The van der Waals surface area contributed by atoms with E-state index in [0.29, 0.717) is 0 Å². The third-order valence-corrected chi connectivity index (χ3v) is 4.62. The van der Waals surface area contributed by atoms with E-state index >= 15 is 0 Å². The molecule has 20 heavy (non-hydrogen) atoms. The molecule has 2 atom stereocenters. The molecule has 0 aliphatic heterocycles. The summed E-state index contributed by atoms with van der Waals surface area (Å²) in [5, 5.41) is 15.5. The average molecular weight is 271 g/mol. The van der Waals surface area contributed by atoms with Crippen molar-refractivity contribution in [3.8, 4) is 0 Å². The fourth-order valence-electron chi connectivity index (χ4n) is 2.83. The van der Waals surface area contributed by atoms with Crippen LogP contribution in [0.5, 0.6) is 0 Å². The van der Waals surface area contributed by atoms with Crippen LogP contribution in [0, 0.1) is 12.3 Å². The van der Waals surface area contributed by atoms with E-state index in [1.165, 1.54) is 0 Å². The van der Waals surface area contributed by atoms with E-state index in [1.807, 2.05) is 25.3 Å². The first-order chi connectivity index (χ1) is 9.39. The molecule has 1 aliphatic carbocycles. The number of aromatic nitrogens is 1. The maximum atomic E-state index is 9.86. The van der Waals surface area contributed by atoms with Gasteiger partial charge in [0.25, 0.3) is 0 Å². The number of aryl methyl sites for hydroxylation is 1. The van der Waals surface area contributed by atoms with Crippen LogP contribution in [0.3, 0.4) is 0 Å². The Morgan fingerprint density at radius 3 is 2.75 bits per heavy atom. The number of nitrogens with zero attached hydrogens (tertiary/aromatic N) is 1. The lowest BCUT2D eigenvalue weighted by Gasteiger charge is -2.50. The van der Waals surface area contributed by atoms with Crippen LogP contribution < -0.4 is 11.1 Å². The lowest BCUT2D eigenvalue weighted by Crippen LogP contribution is -2.56. The Bertz CT molecular complexity index is 666. The molecule has 0 bridgehead atoms. The number of aliphatic hydroxyl groups excluding tert-OH is 1. The molecule has 4 nitrogen and oxygen atoms in total. The molecule has 0 spiro atoms. The highest BCUT2D eigenvalue weighted by Gasteiger charge is 2.47. The van der Waals surface area contributed by atoms with Gasteiger partial charge in [-0.05, 0) is 31.5 Å². The molecule has 1 aliphatic rings. The van der Waals surface area contributed by atoms with E-state index in [-0.39, 0.29) is 17.6 Å². The van der Waals surface area contributed by atoms with Gasteiger partial charge < -0.3 is 16.2 Å². The molecule has 1 fully saturated rings. The minimum atomic E-state index is -0.233. The van der Waals surface area contributed by atoms with Crippen molar-refractivity contribution >= 4 is 22.1 Å². The molecule has 106 valence electrons. The lowest BCUT2D eigenvalue weighted by atomic mass is 9.64. The van der Waals surface area contributed by atoms with Crippen LogP contribution in [-0.4, -0.2) is 22.2 Å². The SMILES string of the molecule is Cc1cc2c(NC3CC(O)C3(C)C)ccc(N)c2cn1. The second-order valence-electron chi connectivity index (χ2n) is 6.34. The fraction of sp³-hybridized carbons (Fsp3) is 0.438. The average Bonchev–Trinajstić information content (AvgIpc) is 2.41. The van der Waals surface area contributed by atoms with Crippen LogP contribution in [0.1, 0.15) is 26.0 Å². The number of aliphatic hydroxyl groups is 1. The van der Waals surface area contributed by atoms with Crippen LogP contribution in [0.4, 0.5) is 11.4 Å². The third-order valence-electron chi connectivity index (χ3n) is 4.62. The molecule has 0 saturated heterocycles. The standard InChI is InChI=1S/C16H21N3O/c1-9-6-10-11(8-18-9)12(17)4-5-13(10)19-14-7-15(20)16(14,2)3/h4-6,8,14-15,19-20H,7,17H2,1-3H3. The van der Waals surface area contributed by atoms with Crippen molar-refractivity contribution in [2.24, 2.45) is 5.41 Å². The van der Waals surface area contributed by atoms with Crippen molar-refractivity contribution < 1.29 is 5.11 Å². The van der Waals surface area contributed by atoms with Crippen molar-refractivity contribution in [2.45, 2.75) is 39.3 Å². The largest absolute Gasteiger partial charge is 0.398 e. The predicted octanol–water partition coefficient (Wildman–Crippen LogP) is 2.70. The normalized spacial score (nSPS) is 24.4. The minimum absolute atomic E-state index is 0.101. The Balaban J connectivity index is 2.00. The first kappa shape index (κ1) is 13.2. The molecule has 0 amide bonds. The van der Waals surface area contributed by atoms with Gasteiger partial charge in [-0.3, -0.25) is 4.98 Å². The summed E-state index contributed by atoms with van der Waals surface area (Å²) < 4.78 is 0. The zero-order valence-corrected chi connectivity index (χ0v) is 12.1. The summed E-state index contributed by atoms with van der Waals surface area (Å²) in [4.78, 5) is 4.32. The van der Waals surface area contributed by atoms with Crippen LogP contribution in [0.2, 0.25) is 0 Å².